The van der Waals surface area contributed by atoms with E-state index in [-0.39, 0.29) is 0 Å². The Hall–Kier alpha value is -1.62. The summed E-state index contributed by atoms with van der Waals surface area (Å²) in [4.78, 5) is 8.67. The highest BCUT2D eigenvalue weighted by molar-refractivity contribution is 5.05. The highest BCUT2D eigenvalue weighted by Crippen LogP contribution is 2.08. The zero-order valence-electron chi connectivity index (χ0n) is 11.2. The molecule has 0 saturated carbocycles. The fourth-order valence-electron chi connectivity index (χ4n) is 1.85. The molecule has 0 fully saturated rings. The van der Waals surface area contributed by atoms with E-state index < -0.39 is 0 Å². The maximum absolute atomic E-state index is 5.51. The fraction of sp³-hybridized carbons (Fsp3) is 0.538. The van der Waals surface area contributed by atoms with Crippen molar-refractivity contribution in [2.75, 3.05) is 0 Å². The van der Waals surface area contributed by atoms with Gasteiger partial charge < -0.3 is 14.3 Å². The van der Waals surface area contributed by atoms with Crippen LogP contribution >= 0.6 is 0 Å². The lowest BCUT2D eigenvalue weighted by molar-refractivity contribution is 0.444. The number of imidazole rings is 1. The summed E-state index contributed by atoms with van der Waals surface area (Å²) in [5.74, 6) is 2.68. The molecule has 1 N–H and O–H groups in total. The Bertz CT molecular complexity index is 481. The molecule has 0 amide bonds. The van der Waals surface area contributed by atoms with Gasteiger partial charge in [-0.05, 0) is 20.3 Å². The molecule has 0 aliphatic rings. The summed E-state index contributed by atoms with van der Waals surface area (Å²) >= 11 is 0. The summed E-state index contributed by atoms with van der Waals surface area (Å²) in [6, 6.07) is 0. The van der Waals surface area contributed by atoms with Gasteiger partial charge in [0.2, 0.25) is 5.89 Å². The van der Waals surface area contributed by atoms with E-state index in [0.717, 1.165) is 42.7 Å². The molecule has 2 aromatic heterocycles. The molecule has 0 aliphatic heterocycles. The lowest BCUT2D eigenvalue weighted by atomic mass is 10.4. The van der Waals surface area contributed by atoms with Gasteiger partial charge in [-0.15, -0.1) is 0 Å². The second-order valence-corrected chi connectivity index (χ2v) is 4.39. The minimum atomic E-state index is 0.633. The van der Waals surface area contributed by atoms with Crippen molar-refractivity contribution in [3.05, 3.63) is 35.6 Å². The average molecular weight is 248 g/mol. The van der Waals surface area contributed by atoms with E-state index in [1.165, 1.54) is 0 Å². The molecular weight excluding hydrogens is 228 g/mol. The first-order valence-electron chi connectivity index (χ1n) is 6.34. The number of oxazole rings is 1. The average Bonchev–Trinajstić information content (AvgIpc) is 2.89. The summed E-state index contributed by atoms with van der Waals surface area (Å²) in [6.45, 7) is 8.42. The molecule has 18 heavy (non-hydrogen) atoms. The highest BCUT2D eigenvalue weighted by Gasteiger charge is 2.06. The summed E-state index contributed by atoms with van der Waals surface area (Å²) in [6.07, 6.45) is 4.97. The van der Waals surface area contributed by atoms with E-state index in [0.29, 0.717) is 6.54 Å². The van der Waals surface area contributed by atoms with Crippen LogP contribution < -0.4 is 5.32 Å². The van der Waals surface area contributed by atoms with Crippen molar-refractivity contribution in [1.82, 2.24) is 19.9 Å². The molecule has 2 heterocycles. The van der Waals surface area contributed by atoms with Crippen molar-refractivity contribution >= 4 is 0 Å². The Morgan fingerprint density at radius 2 is 2.17 bits per heavy atom. The number of aromatic nitrogens is 3. The van der Waals surface area contributed by atoms with Gasteiger partial charge in [-0.1, -0.05) is 6.92 Å². The molecule has 0 saturated heterocycles. The molecule has 0 bridgehead atoms. The van der Waals surface area contributed by atoms with Gasteiger partial charge in [-0.2, -0.15) is 0 Å². The van der Waals surface area contributed by atoms with Crippen molar-refractivity contribution in [2.45, 2.75) is 46.8 Å². The Labute approximate surface area is 107 Å². The molecule has 0 radical (unpaired) electrons. The summed E-state index contributed by atoms with van der Waals surface area (Å²) in [5.41, 5.74) is 0.958. The normalized spacial score (nSPS) is 11.1. The van der Waals surface area contributed by atoms with Gasteiger partial charge in [0.1, 0.15) is 11.6 Å². The summed E-state index contributed by atoms with van der Waals surface area (Å²) in [5, 5.41) is 3.30. The van der Waals surface area contributed by atoms with Crippen molar-refractivity contribution in [2.24, 2.45) is 0 Å². The zero-order valence-corrected chi connectivity index (χ0v) is 11.2. The number of hydrogen-bond donors (Lipinski definition) is 1. The SMILES string of the molecule is CCCn1ccnc1CNCc1nc(C)c(C)o1. The Kier molecular flexibility index (Phi) is 4.15. The van der Waals surface area contributed by atoms with Gasteiger partial charge in [0, 0.05) is 18.9 Å². The lowest BCUT2D eigenvalue weighted by Crippen LogP contribution is -2.16. The van der Waals surface area contributed by atoms with Crippen LogP contribution in [0, 0.1) is 13.8 Å². The van der Waals surface area contributed by atoms with E-state index in [1.807, 2.05) is 26.2 Å². The van der Waals surface area contributed by atoms with Crippen LogP contribution in [-0.2, 0) is 19.6 Å². The van der Waals surface area contributed by atoms with Crippen LogP contribution in [-0.4, -0.2) is 14.5 Å². The van der Waals surface area contributed by atoms with Crippen LogP contribution in [0.1, 0.15) is 36.5 Å². The van der Waals surface area contributed by atoms with Gasteiger partial charge in [0.15, 0.2) is 0 Å². The van der Waals surface area contributed by atoms with Crippen LogP contribution in [0.15, 0.2) is 16.8 Å². The predicted octanol–water partition coefficient (Wildman–Crippen LogP) is 2.19. The van der Waals surface area contributed by atoms with Gasteiger partial charge in [-0.3, -0.25) is 0 Å². The first kappa shape index (κ1) is 12.8. The maximum atomic E-state index is 5.51. The van der Waals surface area contributed by atoms with E-state index in [9.17, 15) is 0 Å². The monoisotopic (exact) mass is 248 g/mol. The molecule has 0 unspecified atom stereocenters. The lowest BCUT2D eigenvalue weighted by Gasteiger charge is -2.06. The fourth-order valence-corrected chi connectivity index (χ4v) is 1.85. The number of hydrogen-bond acceptors (Lipinski definition) is 4. The van der Waals surface area contributed by atoms with E-state index in [2.05, 4.69) is 26.8 Å². The van der Waals surface area contributed by atoms with Crippen LogP contribution in [0.5, 0.6) is 0 Å². The molecule has 2 rings (SSSR count). The van der Waals surface area contributed by atoms with E-state index in [4.69, 9.17) is 4.42 Å². The van der Waals surface area contributed by atoms with Crippen molar-refractivity contribution in [3.8, 4) is 0 Å². The number of nitrogens with one attached hydrogen (secondary N) is 1. The maximum Gasteiger partial charge on any atom is 0.208 e. The largest absolute Gasteiger partial charge is 0.444 e. The molecule has 0 atom stereocenters. The van der Waals surface area contributed by atoms with Crippen LogP contribution in [0.3, 0.4) is 0 Å². The molecule has 0 spiro atoms. The van der Waals surface area contributed by atoms with Crippen molar-refractivity contribution in [1.29, 1.82) is 0 Å². The number of aryl methyl sites for hydroxylation is 3. The third kappa shape index (κ3) is 2.98. The first-order chi connectivity index (χ1) is 8.70. The van der Waals surface area contributed by atoms with Gasteiger partial charge in [-0.25, -0.2) is 9.97 Å². The molecule has 2 aromatic rings. The Balaban J connectivity index is 1.86. The minimum absolute atomic E-state index is 0.633. The molecule has 5 heteroatoms. The standard InChI is InChI=1S/C13H20N4O/c1-4-6-17-7-5-15-12(17)8-14-9-13-16-10(2)11(3)18-13/h5,7,14H,4,6,8-9H2,1-3H3. The zero-order chi connectivity index (χ0) is 13.0. The smallest absolute Gasteiger partial charge is 0.208 e. The van der Waals surface area contributed by atoms with Gasteiger partial charge >= 0.3 is 0 Å². The topological polar surface area (TPSA) is 55.9 Å². The van der Waals surface area contributed by atoms with E-state index in [1.54, 1.807) is 0 Å². The predicted molar refractivity (Wildman–Crippen MR) is 69.0 cm³/mol. The quantitative estimate of drug-likeness (QED) is 0.851. The summed E-state index contributed by atoms with van der Waals surface area (Å²) in [7, 11) is 0. The van der Waals surface area contributed by atoms with Crippen molar-refractivity contribution < 1.29 is 4.42 Å². The van der Waals surface area contributed by atoms with E-state index >= 15 is 0 Å². The summed E-state index contributed by atoms with van der Waals surface area (Å²) < 4.78 is 7.68. The van der Waals surface area contributed by atoms with Gasteiger partial charge in [0.05, 0.1) is 18.8 Å². The number of nitrogens with zero attached hydrogens (tertiary/aromatic N) is 3. The minimum Gasteiger partial charge on any atom is -0.444 e. The van der Waals surface area contributed by atoms with Crippen LogP contribution in [0.2, 0.25) is 0 Å². The molecular formula is C13H20N4O. The molecule has 0 aliphatic carbocycles. The van der Waals surface area contributed by atoms with Gasteiger partial charge in [0.25, 0.3) is 0 Å². The molecule has 5 nitrogen and oxygen atoms in total. The molecule has 0 aromatic carbocycles. The first-order valence-corrected chi connectivity index (χ1v) is 6.34. The second-order valence-electron chi connectivity index (χ2n) is 4.39. The number of rotatable bonds is 6. The van der Waals surface area contributed by atoms with Crippen molar-refractivity contribution in [3.63, 3.8) is 0 Å². The Morgan fingerprint density at radius 1 is 1.33 bits per heavy atom. The highest BCUT2D eigenvalue weighted by atomic mass is 16.4. The Morgan fingerprint density at radius 3 is 2.83 bits per heavy atom. The van der Waals surface area contributed by atoms with Crippen LogP contribution in [0.4, 0.5) is 0 Å². The third-order valence-corrected chi connectivity index (χ3v) is 2.90. The van der Waals surface area contributed by atoms with Crippen LogP contribution in [0.25, 0.3) is 0 Å². The second kappa shape index (κ2) is 5.82. The molecule has 98 valence electrons. The third-order valence-electron chi connectivity index (χ3n) is 2.90.